The summed E-state index contributed by atoms with van der Waals surface area (Å²) in [6.45, 7) is 5.83. The van der Waals surface area contributed by atoms with Gasteiger partial charge in [0.1, 0.15) is 0 Å². The normalized spacial score (nSPS) is 10.4. The maximum atomic E-state index is 5.96. The van der Waals surface area contributed by atoms with Gasteiger partial charge in [-0.25, -0.2) is 4.98 Å². The summed E-state index contributed by atoms with van der Waals surface area (Å²) in [6, 6.07) is 5.80. The van der Waals surface area contributed by atoms with Crippen molar-refractivity contribution in [2.75, 3.05) is 5.73 Å². The Bertz CT molecular complexity index is 567. The zero-order chi connectivity index (χ0) is 13.1. The van der Waals surface area contributed by atoms with Crippen LogP contribution in [0.15, 0.2) is 24.4 Å². The van der Waals surface area contributed by atoms with Gasteiger partial charge in [-0.15, -0.1) is 0 Å². The van der Waals surface area contributed by atoms with Gasteiger partial charge in [0, 0.05) is 6.20 Å². The summed E-state index contributed by atoms with van der Waals surface area (Å²) in [5.41, 5.74) is 9.34. The van der Waals surface area contributed by atoms with E-state index in [4.69, 9.17) is 10.5 Å². The summed E-state index contributed by atoms with van der Waals surface area (Å²) in [5, 5.41) is 0. The van der Waals surface area contributed by atoms with Crippen LogP contribution in [0.25, 0.3) is 0 Å². The summed E-state index contributed by atoms with van der Waals surface area (Å²) in [6.07, 6.45) is 2.67. The van der Waals surface area contributed by atoms with E-state index in [0.717, 1.165) is 17.8 Å². The first-order chi connectivity index (χ1) is 8.60. The Hall–Kier alpha value is -2.10. The van der Waals surface area contributed by atoms with Crippen molar-refractivity contribution < 1.29 is 4.74 Å². The third-order valence-electron chi connectivity index (χ3n) is 2.72. The first-order valence-corrected chi connectivity index (χ1v) is 5.96. The molecule has 0 fully saturated rings. The van der Waals surface area contributed by atoms with Crippen LogP contribution in [0, 0.1) is 13.8 Å². The molecule has 0 saturated carbocycles. The summed E-state index contributed by atoms with van der Waals surface area (Å²) >= 11 is 0. The molecule has 1 aromatic heterocycles. The minimum Gasteiger partial charge on any atom is -0.435 e. The molecule has 4 heteroatoms. The lowest BCUT2D eigenvalue weighted by molar-refractivity contribution is 0.456. The third kappa shape index (κ3) is 2.59. The molecule has 0 aliphatic carbocycles. The number of anilines is 1. The van der Waals surface area contributed by atoms with Crippen molar-refractivity contribution in [1.29, 1.82) is 0 Å². The molecule has 94 valence electrons. The van der Waals surface area contributed by atoms with Crippen molar-refractivity contribution in [3.63, 3.8) is 0 Å². The Kier molecular flexibility index (Phi) is 3.46. The number of aromatic nitrogens is 2. The van der Waals surface area contributed by atoms with Crippen LogP contribution in [0.3, 0.4) is 0 Å². The molecule has 0 aliphatic heterocycles. The fraction of sp³-hybridized carbons (Fsp3) is 0.286. The van der Waals surface area contributed by atoms with Gasteiger partial charge in [-0.3, -0.25) is 4.98 Å². The Labute approximate surface area is 107 Å². The molecule has 4 nitrogen and oxygen atoms in total. The predicted molar refractivity (Wildman–Crippen MR) is 71.8 cm³/mol. The molecular formula is C14H17N3O. The fourth-order valence-corrected chi connectivity index (χ4v) is 1.63. The van der Waals surface area contributed by atoms with E-state index >= 15 is 0 Å². The molecule has 2 N–H and O–H groups in total. The maximum Gasteiger partial charge on any atom is 0.241 e. The molecule has 0 spiro atoms. The van der Waals surface area contributed by atoms with Crippen LogP contribution in [0.2, 0.25) is 0 Å². The van der Waals surface area contributed by atoms with Crippen molar-refractivity contribution >= 4 is 5.69 Å². The highest BCUT2D eigenvalue weighted by Gasteiger charge is 2.08. The van der Waals surface area contributed by atoms with Gasteiger partial charge in [0.25, 0.3) is 0 Å². The summed E-state index contributed by atoms with van der Waals surface area (Å²) < 4.78 is 5.72. The van der Waals surface area contributed by atoms with Crippen LogP contribution in [0.5, 0.6) is 11.6 Å². The van der Waals surface area contributed by atoms with Gasteiger partial charge in [0.15, 0.2) is 5.75 Å². The highest BCUT2D eigenvalue weighted by molar-refractivity contribution is 5.55. The molecule has 0 radical (unpaired) electrons. The second-order valence-electron chi connectivity index (χ2n) is 4.23. The molecule has 0 unspecified atom stereocenters. The van der Waals surface area contributed by atoms with Crippen LogP contribution in [0.4, 0.5) is 5.69 Å². The Morgan fingerprint density at radius 2 is 2.06 bits per heavy atom. The van der Waals surface area contributed by atoms with Gasteiger partial charge < -0.3 is 10.5 Å². The van der Waals surface area contributed by atoms with Gasteiger partial charge in [-0.1, -0.05) is 13.0 Å². The van der Waals surface area contributed by atoms with Crippen LogP contribution in [0.1, 0.15) is 23.9 Å². The highest BCUT2D eigenvalue weighted by Crippen LogP contribution is 2.28. The van der Waals surface area contributed by atoms with Crippen LogP contribution < -0.4 is 10.5 Å². The predicted octanol–water partition coefficient (Wildman–Crippen LogP) is 3.03. The smallest absolute Gasteiger partial charge is 0.241 e. The number of hydrogen-bond donors (Lipinski definition) is 1. The van der Waals surface area contributed by atoms with Crippen molar-refractivity contribution in [1.82, 2.24) is 9.97 Å². The summed E-state index contributed by atoms with van der Waals surface area (Å²) in [4.78, 5) is 8.52. The number of nitrogen functional groups attached to an aromatic ring is 1. The molecule has 0 aliphatic rings. The van der Waals surface area contributed by atoms with Crippen molar-refractivity contribution in [2.45, 2.75) is 27.2 Å². The van der Waals surface area contributed by atoms with Crippen LogP contribution in [-0.2, 0) is 6.42 Å². The SMILES string of the molecule is CCc1ccc(Oc2nc(C)cnc2C)c(N)c1. The average molecular weight is 243 g/mol. The molecule has 0 saturated heterocycles. The number of rotatable bonds is 3. The van der Waals surface area contributed by atoms with E-state index in [0.29, 0.717) is 17.3 Å². The number of benzene rings is 1. The zero-order valence-corrected chi connectivity index (χ0v) is 10.9. The molecule has 1 heterocycles. The number of nitrogens with two attached hydrogens (primary N) is 1. The van der Waals surface area contributed by atoms with Crippen LogP contribution in [-0.4, -0.2) is 9.97 Å². The minimum atomic E-state index is 0.506. The van der Waals surface area contributed by atoms with E-state index in [1.54, 1.807) is 6.20 Å². The minimum absolute atomic E-state index is 0.506. The molecule has 0 atom stereocenters. The number of nitrogens with zero attached hydrogens (tertiary/aromatic N) is 2. The quantitative estimate of drug-likeness (QED) is 0.842. The van der Waals surface area contributed by atoms with Crippen molar-refractivity contribution in [2.24, 2.45) is 0 Å². The topological polar surface area (TPSA) is 61.0 Å². The van der Waals surface area contributed by atoms with Gasteiger partial charge in [-0.2, -0.15) is 0 Å². The van der Waals surface area contributed by atoms with Gasteiger partial charge in [0.05, 0.1) is 17.1 Å². The molecule has 2 rings (SSSR count). The molecule has 0 amide bonds. The van der Waals surface area contributed by atoms with E-state index in [-0.39, 0.29) is 0 Å². The first-order valence-electron chi connectivity index (χ1n) is 5.96. The second-order valence-corrected chi connectivity index (χ2v) is 4.23. The van der Waals surface area contributed by atoms with Crippen molar-refractivity contribution in [3.05, 3.63) is 41.3 Å². The lowest BCUT2D eigenvalue weighted by Gasteiger charge is -2.10. The summed E-state index contributed by atoms with van der Waals surface area (Å²) in [5.74, 6) is 1.13. The number of hydrogen-bond acceptors (Lipinski definition) is 4. The number of aryl methyl sites for hydroxylation is 3. The summed E-state index contributed by atoms with van der Waals surface area (Å²) in [7, 11) is 0. The van der Waals surface area contributed by atoms with E-state index in [1.165, 1.54) is 5.56 Å². The van der Waals surface area contributed by atoms with Gasteiger partial charge in [-0.05, 0) is 38.0 Å². The maximum absolute atomic E-state index is 5.96. The van der Waals surface area contributed by atoms with E-state index in [9.17, 15) is 0 Å². The van der Waals surface area contributed by atoms with E-state index in [1.807, 2.05) is 32.0 Å². The molecule has 1 aromatic carbocycles. The fourth-order valence-electron chi connectivity index (χ4n) is 1.63. The second kappa shape index (κ2) is 5.04. The highest BCUT2D eigenvalue weighted by atomic mass is 16.5. The Morgan fingerprint density at radius 3 is 2.72 bits per heavy atom. The third-order valence-corrected chi connectivity index (χ3v) is 2.72. The Balaban J connectivity index is 2.31. The van der Waals surface area contributed by atoms with Crippen molar-refractivity contribution in [3.8, 4) is 11.6 Å². The molecular weight excluding hydrogens is 226 g/mol. The lowest BCUT2D eigenvalue weighted by Crippen LogP contribution is -1.99. The lowest BCUT2D eigenvalue weighted by atomic mass is 10.1. The molecule has 0 bridgehead atoms. The monoisotopic (exact) mass is 243 g/mol. The number of ether oxygens (including phenoxy) is 1. The average Bonchev–Trinajstić information content (AvgIpc) is 2.36. The van der Waals surface area contributed by atoms with E-state index in [2.05, 4.69) is 16.9 Å². The zero-order valence-electron chi connectivity index (χ0n) is 10.9. The van der Waals surface area contributed by atoms with Gasteiger partial charge in [0.2, 0.25) is 5.88 Å². The molecule has 18 heavy (non-hydrogen) atoms. The standard InChI is InChI=1S/C14H17N3O/c1-4-11-5-6-13(12(15)7-11)18-14-10(3)16-8-9(2)17-14/h5-8H,4,15H2,1-3H3. The molecule has 2 aromatic rings. The Morgan fingerprint density at radius 1 is 1.28 bits per heavy atom. The largest absolute Gasteiger partial charge is 0.435 e. The van der Waals surface area contributed by atoms with Crippen LogP contribution >= 0.6 is 0 Å². The first kappa shape index (κ1) is 12.4. The van der Waals surface area contributed by atoms with E-state index < -0.39 is 0 Å². The van der Waals surface area contributed by atoms with Gasteiger partial charge >= 0.3 is 0 Å².